The molecule has 1 aromatic heterocycles. The summed E-state index contributed by atoms with van der Waals surface area (Å²) in [7, 11) is 4.95. The van der Waals surface area contributed by atoms with Gasteiger partial charge in [-0.3, -0.25) is 19.4 Å². The molecule has 1 spiro atoms. The molecule has 1 saturated carbocycles. The second-order valence-corrected chi connectivity index (χ2v) is 18.1. The molecule has 15 heteroatoms. The van der Waals surface area contributed by atoms with Gasteiger partial charge in [-0.2, -0.15) is 0 Å². The summed E-state index contributed by atoms with van der Waals surface area (Å²) in [5, 5.41) is 30.1. The van der Waals surface area contributed by atoms with Crippen molar-refractivity contribution in [2.24, 2.45) is 16.4 Å². The first-order chi connectivity index (χ1) is 28.8. The number of azide groups is 1. The Bertz CT molecular complexity index is 2310. The van der Waals surface area contributed by atoms with Gasteiger partial charge in [0.05, 0.1) is 25.9 Å². The zero-order chi connectivity index (χ0) is 42.4. The van der Waals surface area contributed by atoms with Crippen LogP contribution in [-0.4, -0.2) is 127 Å². The third kappa shape index (κ3) is 5.48. The number of rotatable bonds is 9. The summed E-state index contributed by atoms with van der Waals surface area (Å²) in [6.45, 7) is 8.23. The second-order valence-electron chi connectivity index (χ2n) is 18.1. The van der Waals surface area contributed by atoms with Crippen LogP contribution in [0.15, 0.2) is 53.7 Å². The Hall–Kier alpha value is -4.63. The van der Waals surface area contributed by atoms with Crippen LogP contribution in [0.5, 0.6) is 5.75 Å². The Labute approximate surface area is 350 Å². The minimum atomic E-state index is -2.16. The van der Waals surface area contributed by atoms with Gasteiger partial charge in [0.2, 0.25) is 5.79 Å². The van der Waals surface area contributed by atoms with Gasteiger partial charge >= 0.3 is 11.9 Å². The fourth-order valence-corrected chi connectivity index (χ4v) is 13.4. The molecule has 10 atom stereocenters. The van der Waals surface area contributed by atoms with Crippen LogP contribution in [0.1, 0.15) is 75.3 Å². The quantitative estimate of drug-likeness (QED) is 0.0655. The van der Waals surface area contributed by atoms with Crippen molar-refractivity contribution in [1.82, 2.24) is 14.8 Å². The number of methoxy groups -OCH3 is 2. The lowest BCUT2D eigenvalue weighted by Gasteiger charge is -2.64. The highest BCUT2D eigenvalue weighted by atomic mass is 16.7. The van der Waals surface area contributed by atoms with E-state index in [1.54, 1.807) is 7.11 Å². The number of benzene rings is 2. The molecule has 2 aromatic carbocycles. The SMILES string of the molecule is CC[C@]1(O)CC2CN(CCc3c([nH]c4ccccc34)C(C(=O)OC)(c3cc4c(cc3OC)N(C)C3C45CCN4CC=C[C@](CC)(C45)[C@@H](OC(C)=O)[C@]3(O)OCN=[N+]=[N-])C2)C1. The maximum atomic E-state index is 15.3. The van der Waals surface area contributed by atoms with Gasteiger partial charge < -0.3 is 39.0 Å². The molecule has 6 heterocycles. The minimum absolute atomic E-state index is 0.0942. The number of nitrogens with zero attached hydrogens (tertiary/aromatic N) is 6. The topological polar surface area (TPSA) is 186 Å². The number of hydrogen-bond donors (Lipinski definition) is 3. The Balaban J connectivity index is 1.35. The van der Waals surface area contributed by atoms with Gasteiger partial charge in [-0.15, -0.1) is 0 Å². The molecule has 9 rings (SSSR count). The number of H-pyrrole nitrogens is 1. The van der Waals surface area contributed by atoms with Crippen molar-refractivity contribution in [3.8, 4) is 5.75 Å². The lowest BCUT2D eigenvalue weighted by molar-refractivity contribution is -0.322. The van der Waals surface area contributed by atoms with Crippen molar-refractivity contribution in [2.75, 3.05) is 65.6 Å². The number of aromatic nitrogens is 1. The molecule has 1 aliphatic carbocycles. The summed E-state index contributed by atoms with van der Waals surface area (Å²) < 4.78 is 24.9. The number of carbonyl (C=O) groups is 2. The number of carbonyl (C=O) groups excluding carboxylic acids is 2. The Morgan fingerprint density at radius 3 is 2.58 bits per heavy atom. The molecule has 5 aliphatic heterocycles. The molecule has 2 saturated heterocycles. The van der Waals surface area contributed by atoms with E-state index in [9.17, 15) is 20.5 Å². The van der Waals surface area contributed by atoms with Gasteiger partial charge in [-0.05, 0) is 79.8 Å². The Morgan fingerprint density at radius 2 is 1.87 bits per heavy atom. The smallest absolute Gasteiger partial charge is 0.322 e. The number of nitrogens with one attached hydrogen (secondary N) is 1. The van der Waals surface area contributed by atoms with E-state index < -0.39 is 58.4 Å². The fraction of sp³-hybridized carbons (Fsp3) is 0.600. The van der Waals surface area contributed by atoms with E-state index in [1.807, 2.05) is 50.1 Å². The van der Waals surface area contributed by atoms with Crippen molar-refractivity contribution >= 4 is 28.5 Å². The standard InChI is InChI=1S/C45H57N7O8/c1-7-41(55)22-28-23-44(40(54)58-6,36-30(14-18-51(24-28)25-41)29-12-9-10-13-33(29)48-36)32-20-31-34(21-35(32)57-5)50(4)38-43(31)16-19-52-17-11-15-42(8-2,37(43)52)39(60-27(3)53)45(38,56)59-26-47-49-46/h9-13,15,20-21,28,37-39,48,55-56H,7-8,14,16-19,22-26H2,1-6H3/t28?,37?,38?,39-,41+,42-,43?,44?,45-/m1/s1. The zero-order valence-corrected chi connectivity index (χ0v) is 35.4. The van der Waals surface area contributed by atoms with Crippen molar-refractivity contribution in [3.05, 3.63) is 81.4 Å². The van der Waals surface area contributed by atoms with Gasteiger partial charge in [0.1, 0.15) is 17.9 Å². The van der Waals surface area contributed by atoms with E-state index >= 15 is 4.79 Å². The molecule has 0 amide bonds. The van der Waals surface area contributed by atoms with Crippen molar-refractivity contribution in [2.45, 2.75) is 99.7 Å². The first-order valence-electron chi connectivity index (χ1n) is 21.4. The summed E-state index contributed by atoms with van der Waals surface area (Å²) in [6, 6.07) is 11.1. The van der Waals surface area contributed by atoms with Crippen LogP contribution >= 0.6 is 0 Å². The first-order valence-corrected chi connectivity index (χ1v) is 21.4. The van der Waals surface area contributed by atoms with Crippen LogP contribution in [0.4, 0.5) is 5.69 Å². The minimum Gasteiger partial charge on any atom is -0.496 e. The highest BCUT2D eigenvalue weighted by molar-refractivity contribution is 5.94. The Morgan fingerprint density at radius 1 is 1.07 bits per heavy atom. The lowest BCUT2D eigenvalue weighted by atomic mass is 9.50. The number of hydrogen-bond acceptors (Lipinski definition) is 12. The summed E-state index contributed by atoms with van der Waals surface area (Å²) in [5.41, 5.74) is 10.2. The summed E-state index contributed by atoms with van der Waals surface area (Å²) >= 11 is 0. The monoisotopic (exact) mass is 823 g/mol. The van der Waals surface area contributed by atoms with E-state index in [0.29, 0.717) is 82.6 Å². The normalized spacial score (nSPS) is 36.5. The van der Waals surface area contributed by atoms with Crippen LogP contribution < -0.4 is 9.64 Å². The third-order valence-corrected chi connectivity index (χ3v) is 15.5. The van der Waals surface area contributed by atoms with Gasteiger partial charge in [0.25, 0.3) is 0 Å². The number of ether oxygens (including phenoxy) is 4. The number of fused-ring (bicyclic) bond motifs is 6. The number of likely N-dealkylation sites (N-methyl/N-ethyl adjacent to an activating group) is 1. The van der Waals surface area contributed by atoms with Crippen molar-refractivity contribution in [3.63, 3.8) is 0 Å². The molecule has 320 valence electrons. The van der Waals surface area contributed by atoms with Gasteiger partial charge in [-0.25, -0.2) is 0 Å². The molecule has 6 aliphatic rings. The molecule has 3 N–H and O–H groups in total. The van der Waals surface area contributed by atoms with Crippen LogP contribution in [0.2, 0.25) is 0 Å². The van der Waals surface area contributed by atoms with Gasteiger partial charge in [0, 0.05) is 95.8 Å². The summed E-state index contributed by atoms with van der Waals surface area (Å²) in [6.07, 6.45) is 6.18. The zero-order valence-electron chi connectivity index (χ0n) is 35.4. The molecule has 6 unspecified atom stereocenters. The predicted octanol–water partition coefficient (Wildman–Crippen LogP) is 5.06. The molecular weight excluding hydrogens is 767 g/mol. The first kappa shape index (κ1) is 40.8. The average molecular weight is 824 g/mol. The summed E-state index contributed by atoms with van der Waals surface area (Å²) in [5.74, 6) is -2.79. The van der Waals surface area contributed by atoms with Crippen LogP contribution in [-0.2, 0) is 41.1 Å². The maximum absolute atomic E-state index is 15.3. The maximum Gasteiger partial charge on any atom is 0.322 e. The lowest BCUT2D eigenvalue weighted by Crippen LogP contribution is -2.80. The number of esters is 2. The molecular formula is C45H57N7O8. The van der Waals surface area contributed by atoms with Gasteiger partial charge in [-0.1, -0.05) is 49.3 Å². The fourth-order valence-electron chi connectivity index (χ4n) is 13.4. The number of anilines is 1. The van der Waals surface area contributed by atoms with Crippen LogP contribution in [0.3, 0.4) is 0 Å². The van der Waals surface area contributed by atoms with E-state index in [0.717, 1.165) is 33.4 Å². The second kappa shape index (κ2) is 14.5. The van der Waals surface area contributed by atoms with E-state index in [-0.39, 0.29) is 12.0 Å². The van der Waals surface area contributed by atoms with E-state index in [1.165, 1.54) is 14.0 Å². The molecule has 15 nitrogen and oxygen atoms in total. The average Bonchev–Trinajstić information content (AvgIpc) is 3.90. The molecule has 2 bridgehead atoms. The van der Waals surface area contributed by atoms with Gasteiger partial charge in [0.15, 0.2) is 6.10 Å². The molecule has 3 aromatic rings. The number of aliphatic hydroxyl groups is 2. The number of para-hydroxylation sites is 1. The molecule has 60 heavy (non-hydrogen) atoms. The largest absolute Gasteiger partial charge is 0.496 e. The Kier molecular flexibility index (Phi) is 9.85. The van der Waals surface area contributed by atoms with Crippen LogP contribution in [0, 0.1) is 11.3 Å². The van der Waals surface area contributed by atoms with Crippen LogP contribution in [0.25, 0.3) is 21.3 Å². The van der Waals surface area contributed by atoms with Crippen molar-refractivity contribution < 1.29 is 38.7 Å². The number of aromatic amines is 1. The van der Waals surface area contributed by atoms with Crippen molar-refractivity contribution in [1.29, 1.82) is 0 Å². The highest BCUT2D eigenvalue weighted by Gasteiger charge is 2.79. The van der Waals surface area contributed by atoms with E-state index in [2.05, 4.69) is 49.1 Å². The third-order valence-electron chi connectivity index (χ3n) is 15.5. The number of piperidine rings is 1. The van der Waals surface area contributed by atoms with E-state index in [4.69, 9.17) is 18.9 Å². The summed E-state index contributed by atoms with van der Waals surface area (Å²) in [4.78, 5) is 41.8. The highest BCUT2D eigenvalue weighted by Crippen LogP contribution is 2.68. The predicted molar refractivity (Wildman–Crippen MR) is 224 cm³/mol. The molecule has 3 fully saturated rings. The molecule has 0 radical (unpaired) electrons.